The first-order valence-corrected chi connectivity index (χ1v) is 7.89. The average molecular weight is 351 g/mol. The summed E-state index contributed by atoms with van der Waals surface area (Å²) < 4.78 is 6.80. The Kier molecular flexibility index (Phi) is 5.60. The van der Waals surface area contributed by atoms with Crippen LogP contribution < -0.4 is 4.74 Å². The summed E-state index contributed by atoms with van der Waals surface area (Å²) in [6, 6.07) is 11.5. The smallest absolute Gasteiger partial charge is 0.120 e. The highest BCUT2D eigenvalue weighted by molar-refractivity contribution is 9.10. The second kappa shape index (κ2) is 7.44. The minimum absolute atomic E-state index is 0.609. The minimum atomic E-state index is 0.609. The van der Waals surface area contributed by atoms with Crippen LogP contribution in [0.3, 0.4) is 0 Å². The lowest BCUT2D eigenvalue weighted by molar-refractivity contribution is 0.234. The molecule has 3 nitrogen and oxygen atoms in total. The molecule has 0 aliphatic heterocycles. The molecule has 0 unspecified atom stereocenters. The van der Waals surface area contributed by atoms with E-state index >= 15 is 0 Å². The van der Waals surface area contributed by atoms with Crippen LogP contribution in [0.2, 0.25) is 0 Å². The monoisotopic (exact) mass is 350 g/mol. The standard InChI is InChI=1S/C15H15BrN2OS/c1-18(10-15-8-13(16)11-20-15)5-6-19-14-4-2-3-12(7-14)9-17/h2-4,7-8,11H,5-6,10H2,1H3. The molecule has 0 aliphatic rings. The maximum atomic E-state index is 8.83. The van der Waals surface area contributed by atoms with Gasteiger partial charge in [-0.25, -0.2) is 0 Å². The molecule has 1 aromatic heterocycles. The van der Waals surface area contributed by atoms with E-state index in [1.54, 1.807) is 23.5 Å². The van der Waals surface area contributed by atoms with Crippen molar-refractivity contribution < 1.29 is 4.74 Å². The molecule has 0 bridgehead atoms. The molecule has 104 valence electrons. The van der Waals surface area contributed by atoms with Gasteiger partial charge in [-0.1, -0.05) is 6.07 Å². The second-order valence-electron chi connectivity index (χ2n) is 4.46. The third kappa shape index (κ3) is 4.64. The summed E-state index contributed by atoms with van der Waals surface area (Å²) in [7, 11) is 2.07. The molecule has 2 rings (SSSR count). The van der Waals surface area contributed by atoms with E-state index in [-0.39, 0.29) is 0 Å². The number of benzene rings is 1. The van der Waals surface area contributed by atoms with Gasteiger partial charge in [0.25, 0.3) is 0 Å². The SMILES string of the molecule is CN(CCOc1cccc(C#N)c1)Cc1cc(Br)cs1. The van der Waals surface area contributed by atoms with Gasteiger partial charge in [-0.05, 0) is 47.2 Å². The number of hydrogen-bond donors (Lipinski definition) is 0. The first kappa shape index (κ1) is 15.0. The Hall–Kier alpha value is -1.35. The highest BCUT2D eigenvalue weighted by atomic mass is 79.9. The van der Waals surface area contributed by atoms with Gasteiger partial charge in [0.2, 0.25) is 0 Å². The van der Waals surface area contributed by atoms with E-state index in [0.717, 1.165) is 23.3 Å². The molecule has 0 amide bonds. The maximum absolute atomic E-state index is 8.83. The van der Waals surface area contributed by atoms with Crippen molar-refractivity contribution in [3.8, 4) is 11.8 Å². The van der Waals surface area contributed by atoms with E-state index in [2.05, 4.69) is 45.4 Å². The zero-order chi connectivity index (χ0) is 14.4. The molecule has 0 atom stereocenters. The largest absolute Gasteiger partial charge is 0.492 e. The van der Waals surface area contributed by atoms with Gasteiger partial charge in [0.15, 0.2) is 0 Å². The quantitative estimate of drug-likeness (QED) is 0.792. The van der Waals surface area contributed by atoms with Crippen LogP contribution >= 0.6 is 27.3 Å². The molecule has 0 saturated heterocycles. The summed E-state index contributed by atoms with van der Waals surface area (Å²) in [5.74, 6) is 0.747. The molecule has 0 saturated carbocycles. The van der Waals surface area contributed by atoms with Gasteiger partial charge in [-0.3, -0.25) is 4.90 Å². The molecule has 0 radical (unpaired) electrons. The molecule has 20 heavy (non-hydrogen) atoms. The lowest BCUT2D eigenvalue weighted by Crippen LogP contribution is -2.23. The molecule has 0 N–H and O–H groups in total. The molecule has 2 aromatic rings. The normalized spacial score (nSPS) is 10.5. The van der Waals surface area contributed by atoms with Crippen LogP contribution in [-0.2, 0) is 6.54 Å². The van der Waals surface area contributed by atoms with Crippen LogP contribution in [-0.4, -0.2) is 25.1 Å². The van der Waals surface area contributed by atoms with Crippen molar-refractivity contribution in [2.75, 3.05) is 20.2 Å². The lowest BCUT2D eigenvalue weighted by Gasteiger charge is -2.16. The Bertz CT molecular complexity index is 606. The highest BCUT2D eigenvalue weighted by Crippen LogP contribution is 2.20. The Balaban J connectivity index is 1.76. The number of hydrogen-bond acceptors (Lipinski definition) is 4. The van der Waals surface area contributed by atoms with Crippen molar-refractivity contribution in [3.05, 3.63) is 50.6 Å². The predicted octanol–water partition coefficient (Wildman–Crippen LogP) is 3.89. The number of ether oxygens (including phenoxy) is 1. The number of nitriles is 1. The van der Waals surface area contributed by atoms with Crippen molar-refractivity contribution in [2.45, 2.75) is 6.54 Å². The minimum Gasteiger partial charge on any atom is -0.492 e. The van der Waals surface area contributed by atoms with Gasteiger partial charge in [0.1, 0.15) is 12.4 Å². The topological polar surface area (TPSA) is 36.3 Å². The Labute approximate surface area is 131 Å². The average Bonchev–Trinajstić information content (AvgIpc) is 2.84. The summed E-state index contributed by atoms with van der Waals surface area (Å²) in [5.41, 5.74) is 0.624. The second-order valence-corrected chi connectivity index (χ2v) is 6.37. The maximum Gasteiger partial charge on any atom is 0.120 e. The first-order chi connectivity index (χ1) is 9.67. The van der Waals surface area contributed by atoms with Crippen molar-refractivity contribution in [1.29, 1.82) is 5.26 Å². The third-order valence-corrected chi connectivity index (χ3v) is 4.43. The Morgan fingerprint density at radius 2 is 2.25 bits per heavy atom. The molecule has 0 aliphatic carbocycles. The Morgan fingerprint density at radius 3 is 2.95 bits per heavy atom. The molecule has 5 heteroatoms. The van der Waals surface area contributed by atoms with Gasteiger partial charge >= 0.3 is 0 Å². The molecular weight excluding hydrogens is 336 g/mol. The van der Waals surface area contributed by atoms with Crippen molar-refractivity contribution in [2.24, 2.45) is 0 Å². The lowest BCUT2D eigenvalue weighted by atomic mass is 10.2. The van der Waals surface area contributed by atoms with E-state index in [4.69, 9.17) is 10.00 Å². The van der Waals surface area contributed by atoms with E-state index < -0.39 is 0 Å². The van der Waals surface area contributed by atoms with E-state index in [1.807, 2.05) is 12.1 Å². The van der Waals surface area contributed by atoms with Crippen LogP contribution in [0.1, 0.15) is 10.4 Å². The van der Waals surface area contributed by atoms with E-state index in [9.17, 15) is 0 Å². The number of rotatable bonds is 6. The third-order valence-electron chi connectivity index (χ3n) is 2.75. The summed E-state index contributed by atoms with van der Waals surface area (Å²) in [4.78, 5) is 3.54. The predicted molar refractivity (Wildman–Crippen MR) is 85.0 cm³/mol. The molecular formula is C15H15BrN2OS. The highest BCUT2D eigenvalue weighted by Gasteiger charge is 2.03. The van der Waals surface area contributed by atoms with Crippen molar-refractivity contribution >= 4 is 27.3 Å². The van der Waals surface area contributed by atoms with Gasteiger partial charge in [0.05, 0.1) is 11.6 Å². The van der Waals surface area contributed by atoms with Crippen LogP contribution in [0, 0.1) is 11.3 Å². The van der Waals surface area contributed by atoms with Crippen LogP contribution in [0.25, 0.3) is 0 Å². The van der Waals surface area contributed by atoms with Gasteiger partial charge in [-0.15, -0.1) is 11.3 Å². The fraction of sp³-hybridized carbons (Fsp3) is 0.267. The van der Waals surface area contributed by atoms with Crippen molar-refractivity contribution in [1.82, 2.24) is 4.90 Å². The fourth-order valence-corrected chi connectivity index (χ4v) is 3.29. The summed E-state index contributed by atoms with van der Waals surface area (Å²) >= 11 is 5.21. The zero-order valence-corrected chi connectivity index (χ0v) is 13.6. The van der Waals surface area contributed by atoms with Crippen LogP contribution in [0.4, 0.5) is 0 Å². The fourth-order valence-electron chi connectivity index (χ4n) is 1.76. The van der Waals surface area contributed by atoms with E-state index in [1.165, 1.54) is 4.88 Å². The number of halogens is 1. The molecule has 0 spiro atoms. The van der Waals surface area contributed by atoms with Gasteiger partial charge < -0.3 is 4.74 Å². The molecule has 1 aromatic carbocycles. The molecule has 1 heterocycles. The van der Waals surface area contributed by atoms with Gasteiger partial charge in [-0.2, -0.15) is 5.26 Å². The molecule has 0 fully saturated rings. The first-order valence-electron chi connectivity index (χ1n) is 6.22. The van der Waals surface area contributed by atoms with Crippen LogP contribution in [0.5, 0.6) is 5.75 Å². The number of nitrogens with zero attached hydrogens (tertiary/aromatic N) is 2. The van der Waals surface area contributed by atoms with Gasteiger partial charge in [0, 0.05) is 27.8 Å². The summed E-state index contributed by atoms with van der Waals surface area (Å²) in [6.45, 7) is 2.36. The number of likely N-dealkylation sites (N-methyl/N-ethyl adjacent to an activating group) is 1. The van der Waals surface area contributed by atoms with E-state index in [0.29, 0.717) is 12.2 Å². The zero-order valence-electron chi connectivity index (χ0n) is 11.2. The van der Waals surface area contributed by atoms with Crippen LogP contribution in [0.15, 0.2) is 40.2 Å². The Morgan fingerprint density at radius 1 is 1.40 bits per heavy atom. The summed E-state index contributed by atoms with van der Waals surface area (Å²) in [5, 5.41) is 10.9. The number of thiophene rings is 1. The summed E-state index contributed by atoms with van der Waals surface area (Å²) in [6.07, 6.45) is 0. The van der Waals surface area contributed by atoms with Crippen molar-refractivity contribution in [3.63, 3.8) is 0 Å².